The minimum Gasteiger partial charge on any atom is -0.315 e. The highest BCUT2D eigenvalue weighted by Gasteiger charge is 2.22. The predicted octanol–water partition coefficient (Wildman–Crippen LogP) is 3.61. The maximum Gasteiger partial charge on any atom is 0.215 e. The van der Waals surface area contributed by atoms with Gasteiger partial charge in [0.05, 0.1) is 16.7 Å². The summed E-state index contributed by atoms with van der Waals surface area (Å²) in [4.78, 5) is 4.91. The van der Waals surface area contributed by atoms with Crippen molar-refractivity contribution in [2.45, 2.75) is 32.7 Å². The number of nitrogens with zero attached hydrogens (tertiary/aromatic N) is 3. The number of halogens is 1. The van der Waals surface area contributed by atoms with Gasteiger partial charge in [-0.1, -0.05) is 32.9 Å². The molecule has 0 aliphatic heterocycles. The van der Waals surface area contributed by atoms with Crippen LogP contribution in [0, 0.1) is 0 Å². The molecule has 1 N–H and O–H groups in total. The Bertz CT molecular complexity index is 820. The molecule has 0 spiro atoms. The minimum absolute atomic E-state index is 0.0811. The Kier molecular flexibility index (Phi) is 3.37. The average molecular weight is 349 g/mol. The lowest BCUT2D eigenvalue weighted by atomic mass is 9.86. The second kappa shape index (κ2) is 4.85. The first-order valence-electron chi connectivity index (χ1n) is 7.15. The third-order valence-electron chi connectivity index (χ3n) is 3.96. The SMILES string of the molecule is CNCc1c(Br)n2c3cccc(C(C)(C)C)c3nc2n1C. The van der Waals surface area contributed by atoms with Crippen LogP contribution in [0.5, 0.6) is 0 Å². The van der Waals surface area contributed by atoms with Crippen LogP contribution in [0.1, 0.15) is 32.0 Å². The average Bonchev–Trinajstić information content (AvgIpc) is 2.90. The Hall–Kier alpha value is -1.33. The van der Waals surface area contributed by atoms with Gasteiger partial charge in [0.25, 0.3) is 0 Å². The van der Waals surface area contributed by atoms with Crippen molar-refractivity contribution >= 4 is 32.7 Å². The van der Waals surface area contributed by atoms with Crippen molar-refractivity contribution < 1.29 is 0 Å². The maximum absolute atomic E-state index is 4.91. The summed E-state index contributed by atoms with van der Waals surface area (Å²) in [6.07, 6.45) is 0. The van der Waals surface area contributed by atoms with Crippen molar-refractivity contribution in [1.82, 2.24) is 19.3 Å². The van der Waals surface area contributed by atoms with Crippen LogP contribution in [0.2, 0.25) is 0 Å². The van der Waals surface area contributed by atoms with Crippen LogP contribution in [0.3, 0.4) is 0 Å². The Balaban J connectivity index is 2.41. The van der Waals surface area contributed by atoms with Crippen LogP contribution in [0.25, 0.3) is 16.8 Å². The number of nitrogens with one attached hydrogen (secondary N) is 1. The lowest BCUT2D eigenvalue weighted by Crippen LogP contribution is -2.12. The molecule has 0 unspecified atom stereocenters. The number of hydrogen-bond donors (Lipinski definition) is 1. The van der Waals surface area contributed by atoms with Crippen LogP contribution in [0.4, 0.5) is 0 Å². The normalized spacial score (nSPS) is 12.7. The Labute approximate surface area is 133 Å². The van der Waals surface area contributed by atoms with Crippen molar-refractivity contribution in [2.24, 2.45) is 7.05 Å². The van der Waals surface area contributed by atoms with E-state index >= 15 is 0 Å². The number of rotatable bonds is 2. The molecule has 0 aliphatic rings. The molecule has 3 rings (SSSR count). The molecular formula is C16H21BrN4. The molecule has 0 saturated carbocycles. The molecule has 0 amide bonds. The van der Waals surface area contributed by atoms with E-state index in [9.17, 15) is 0 Å². The summed E-state index contributed by atoms with van der Waals surface area (Å²) in [6.45, 7) is 7.49. The van der Waals surface area contributed by atoms with Gasteiger partial charge in [0, 0.05) is 13.6 Å². The second-order valence-electron chi connectivity index (χ2n) is 6.50. The van der Waals surface area contributed by atoms with Gasteiger partial charge in [-0.15, -0.1) is 0 Å². The van der Waals surface area contributed by atoms with Crippen molar-refractivity contribution in [3.05, 3.63) is 34.1 Å². The molecule has 4 nitrogen and oxygen atoms in total. The van der Waals surface area contributed by atoms with Gasteiger partial charge in [0.2, 0.25) is 5.78 Å². The van der Waals surface area contributed by atoms with Crippen molar-refractivity contribution in [3.8, 4) is 0 Å². The summed E-state index contributed by atoms with van der Waals surface area (Å²) in [5, 5.41) is 3.21. The van der Waals surface area contributed by atoms with Gasteiger partial charge >= 0.3 is 0 Å². The lowest BCUT2D eigenvalue weighted by molar-refractivity contribution is 0.595. The lowest BCUT2D eigenvalue weighted by Gasteiger charge is -2.19. The number of aryl methyl sites for hydroxylation is 1. The topological polar surface area (TPSA) is 34.3 Å². The summed E-state index contributed by atoms with van der Waals surface area (Å²) in [5.74, 6) is 0.971. The third kappa shape index (κ3) is 2.10. The van der Waals surface area contributed by atoms with E-state index in [0.717, 1.165) is 28.0 Å². The van der Waals surface area contributed by atoms with Gasteiger partial charge in [0.15, 0.2) is 0 Å². The van der Waals surface area contributed by atoms with Crippen molar-refractivity contribution in [1.29, 1.82) is 0 Å². The van der Waals surface area contributed by atoms with Crippen LogP contribution in [-0.2, 0) is 19.0 Å². The molecule has 2 aromatic heterocycles. The second-order valence-corrected chi connectivity index (χ2v) is 7.25. The molecule has 112 valence electrons. The quantitative estimate of drug-likeness (QED) is 0.767. The van der Waals surface area contributed by atoms with Gasteiger partial charge in [0.1, 0.15) is 4.60 Å². The molecular weight excluding hydrogens is 328 g/mol. The molecule has 5 heteroatoms. The number of benzene rings is 1. The van der Waals surface area contributed by atoms with Gasteiger partial charge in [-0.05, 0) is 40.0 Å². The van der Waals surface area contributed by atoms with Gasteiger partial charge in [-0.2, -0.15) is 0 Å². The molecule has 0 radical (unpaired) electrons. The summed E-state index contributed by atoms with van der Waals surface area (Å²) < 4.78 is 5.41. The fraction of sp³-hybridized carbons (Fsp3) is 0.438. The summed E-state index contributed by atoms with van der Waals surface area (Å²) in [7, 11) is 4.02. The highest BCUT2D eigenvalue weighted by molar-refractivity contribution is 9.10. The smallest absolute Gasteiger partial charge is 0.215 e. The molecule has 21 heavy (non-hydrogen) atoms. The molecule has 1 aromatic carbocycles. The molecule has 0 saturated heterocycles. The zero-order chi connectivity index (χ0) is 15.4. The molecule has 0 atom stereocenters. The predicted molar refractivity (Wildman–Crippen MR) is 90.8 cm³/mol. The van der Waals surface area contributed by atoms with Crippen molar-refractivity contribution in [3.63, 3.8) is 0 Å². The number of aromatic nitrogens is 3. The summed E-state index contributed by atoms with van der Waals surface area (Å²) in [5.41, 5.74) is 4.81. The van der Waals surface area contributed by atoms with E-state index in [4.69, 9.17) is 4.98 Å². The van der Waals surface area contributed by atoms with E-state index < -0.39 is 0 Å². The van der Waals surface area contributed by atoms with E-state index in [2.05, 4.69) is 76.2 Å². The first kappa shape index (κ1) is 14.6. The number of para-hydroxylation sites is 1. The molecule has 0 bridgehead atoms. The first-order chi connectivity index (χ1) is 9.86. The highest BCUT2D eigenvalue weighted by Crippen LogP contribution is 2.33. The van der Waals surface area contributed by atoms with Crippen LogP contribution < -0.4 is 5.32 Å². The zero-order valence-electron chi connectivity index (χ0n) is 13.2. The molecule has 0 aliphatic carbocycles. The van der Waals surface area contributed by atoms with Gasteiger partial charge in [-0.25, -0.2) is 4.98 Å². The van der Waals surface area contributed by atoms with E-state index in [1.807, 2.05) is 7.05 Å². The number of fused-ring (bicyclic) bond motifs is 3. The Morgan fingerprint density at radius 1 is 1.29 bits per heavy atom. The van der Waals surface area contributed by atoms with E-state index in [0.29, 0.717) is 0 Å². The van der Waals surface area contributed by atoms with E-state index in [1.54, 1.807) is 0 Å². The molecule has 2 heterocycles. The van der Waals surface area contributed by atoms with E-state index in [1.165, 1.54) is 11.3 Å². The summed E-state index contributed by atoms with van der Waals surface area (Å²) in [6, 6.07) is 6.43. The number of imidazole rings is 2. The van der Waals surface area contributed by atoms with Gasteiger partial charge < -0.3 is 9.88 Å². The standard InChI is InChI=1S/C16H21BrN4/c1-16(2,3)10-7-6-8-11-13(10)19-15-20(5)12(9-18-4)14(17)21(11)15/h6-8,18H,9H2,1-5H3. The highest BCUT2D eigenvalue weighted by atomic mass is 79.9. The van der Waals surface area contributed by atoms with Crippen LogP contribution in [-0.4, -0.2) is 21.0 Å². The summed E-state index contributed by atoms with van der Waals surface area (Å²) >= 11 is 3.74. The molecule has 0 fully saturated rings. The first-order valence-corrected chi connectivity index (χ1v) is 7.95. The van der Waals surface area contributed by atoms with Crippen LogP contribution >= 0.6 is 15.9 Å². The Morgan fingerprint density at radius 2 is 2.00 bits per heavy atom. The minimum atomic E-state index is 0.0811. The fourth-order valence-electron chi connectivity index (χ4n) is 2.86. The Morgan fingerprint density at radius 3 is 2.62 bits per heavy atom. The van der Waals surface area contributed by atoms with Gasteiger partial charge in [-0.3, -0.25) is 4.40 Å². The number of hydrogen-bond acceptors (Lipinski definition) is 2. The fourth-order valence-corrected chi connectivity index (χ4v) is 3.61. The van der Waals surface area contributed by atoms with Crippen molar-refractivity contribution in [2.75, 3.05) is 7.05 Å². The van der Waals surface area contributed by atoms with E-state index in [-0.39, 0.29) is 5.41 Å². The zero-order valence-corrected chi connectivity index (χ0v) is 14.7. The largest absolute Gasteiger partial charge is 0.315 e. The maximum atomic E-state index is 4.91. The molecule has 3 aromatic rings. The van der Waals surface area contributed by atoms with Crippen LogP contribution in [0.15, 0.2) is 22.8 Å². The monoisotopic (exact) mass is 348 g/mol. The third-order valence-corrected chi connectivity index (χ3v) is 4.77.